The first-order valence-electron chi connectivity index (χ1n) is 8.37. The molecule has 0 unspecified atom stereocenters. The Morgan fingerprint density at radius 3 is 2.64 bits per heavy atom. The summed E-state index contributed by atoms with van der Waals surface area (Å²) in [6.07, 6.45) is -2.67. The number of alkyl halides is 3. The number of amides is 1. The summed E-state index contributed by atoms with van der Waals surface area (Å²) in [6, 6.07) is 0.722. The Kier molecular flexibility index (Phi) is 4.47. The lowest BCUT2D eigenvalue weighted by molar-refractivity contribution is -0.187. The number of halogens is 3. The summed E-state index contributed by atoms with van der Waals surface area (Å²) in [5.41, 5.74) is 2.14. The van der Waals surface area contributed by atoms with E-state index in [-0.39, 0.29) is 6.42 Å². The molecule has 1 fully saturated rings. The number of pyridine rings is 1. The molecular formula is C17H21F3N4O. The van der Waals surface area contributed by atoms with Crippen molar-refractivity contribution in [3.8, 4) is 0 Å². The molecule has 0 aliphatic heterocycles. The van der Waals surface area contributed by atoms with E-state index in [0.29, 0.717) is 47.2 Å². The van der Waals surface area contributed by atoms with E-state index in [0.717, 1.165) is 0 Å². The predicted octanol–water partition coefficient (Wildman–Crippen LogP) is 3.44. The number of fused-ring (bicyclic) bond motifs is 1. The summed E-state index contributed by atoms with van der Waals surface area (Å²) in [5, 5.41) is 7.48. The van der Waals surface area contributed by atoms with Crippen LogP contribution in [0.4, 0.5) is 13.2 Å². The van der Waals surface area contributed by atoms with Gasteiger partial charge in [-0.25, -0.2) is 4.98 Å². The van der Waals surface area contributed by atoms with Crippen LogP contribution < -0.4 is 5.32 Å². The molecule has 2 heterocycles. The highest BCUT2D eigenvalue weighted by atomic mass is 19.4. The van der Waals surface area contributed by atoms with Gasteiger partial charge in [0.25, 0.3) is 5.91 Å². The van der Waals surface area contributed by atoms with Crippen LogP contribution >= 0.6 is 0 Å². The van der Waals surface area contributed by atoms with E-state index in [1.165, 1.54) is 0 Å². The minimum absolute atomic E-state index is 0.0607. The molecule has 25 heavy (non-hydrogen) atoms. The third-order valence-corrected chi connectivity index (χ3v) is 4.84. The van der Waals surface area contributed by atoms with Crippen LogP contribution in [0.5, 0.6) is 0 Å². The van der Waals surface area contributed by atoms with Crippen LogP contribution in [0.3, 0.4) is 0 Å². The van der Waals surface area contributed by atoms with Crippen molar-refractivity contribution >= 4 is 16.9 Å². The highest BCUT2D eigenvalue weighted by Crippen LogP contribution is 2.38. The second-order valence-corrected chi connectivity index (χ2v) is 6.73. The van der Waals surface area contributed by atoms with Crippen molar-refractivity contribution < 1.29 is 18.0 Å². The summed E-state index contributed by atoms with van der Waals surface area (Å²) in [4.78, 5) is 17.2. The van der Waals surface area contributed by atoms with Gasteiger partial charge in [0.1, 0.15) is 0 Å². The first kappa shape index (κ1) is 17.7. The average Bonchev–Trinajstić information content (AvgIpc) is 2.80. The highest BCUT2D eigenvalue weighted by Gasteiger charge is 2.46. The van der Waals surface area contributed by atoms with Gasteiger partial charge in [0, 0.05) is 18.8 Å². The Balaban J connectivity index is 1.95. The van der Waals surface area contributed by atoms with E-state index in [4.69, 9.17) is 0 Å². The van der Waals surface area contributed by atoms with Crippen molar-refractivity contribution in [2.45, 2.75) is 51.7 Å². The van der Waals surface area contributed by atoms with Crippen LogP contribution in [-0.2, 0) is 7.05 Å². The third-order valence-electron chi connectivity index (χ3n) is 4.84. The third kappa shape index (κ3) is 3.34. The number of nitrogens with zero attached hydrogens (tertiary/aromatic N) is 3. The molecule has 2 aromatic heterocycles. The molecule has 8 heteroatoms. The second kappa shape index (κ2) is 6.31. The van der Waals surface area contributed by atoms with Crippen molar-refractivity contribution in [3.63, 3.8) is 0 Å². The zero-order valence-electron chi connectivity index (χ0n) is 14.4. The number of carbonyl (C=O) groups excluding carboxylic acids is 1. The Morgan fingerprint density at radius 1 is 1.28 bits per heavy atom. The molecular weight excluding hydrogens is 333 g/mol. The molecule has 136 valence electrons. The number of aromatic nitrogens is 3. The lowest BCUT2D eigenvalue weighted by Crippen LogP contribution is -2.47. The van der Waals surface area contributed by atoms with Gasteiger partial charge in [0.15, 0.2) is 5.65 Å². The van der Waals surface area contributed by atoms with Crippen LogP contribution in [-0.4, -0.2) is 32.9 Å². The van der Waals surface area contributed by atoms with Crippen LogP contribution in [0.25, 0.3) is 11.0 Å². The molecule has 5 nitrogen and oxygen atoms in total. The average molecular weight is 354 g/mol. The van der Waals surface area contributed by atoms with Gasteiger partial charge in [-0.3, -0.25) is 9.48 Å². The minimum atomic E-state index is -4.30. The van der Waals surface area contributed by atoms with Crippen LogP contribution in [0, 0.1) is 19.8 Å². The van der Waals surface area contributed by atoms with Gasteiger partial charge in [-0.1, -0.05) is 12.8 Å². The Bertz CT molecular complexity index is 812. The fourth-order valence-corrected chi connectivity index (χ4v) is 3.69. The van der Waals surface area contributed by atoms with Gasteiger partial charge in [-0.15, -0.1) is 0 Å². The zero-order valence-corrected chi connectivity index (χ0v) is 14.4. The minimum Gasteiger partial charge on any atom is -0.349 e. The predicted molar refractivity (Wildman–Crippen MR) is 87.3 cm³/mol. The molecule has 0 aromatic carbocycles. The first-order chi connectivity index (χ1) is 11.7. The zero-order chi connectivity index (χ0) is 18.4. The topological polar surface area (TPSA) is 59.8 Å². The summed E-state index contributed by atoms with van der Waals surface area (Å²) >= 11 is 0. The van der Waals surface area contributed by atoms with Gasteiger partial charge in [-0.05, 0) is 32.8 Å². The molecule has 1 amide bonds. The van der Waals surface area contributed by atoms with Gasteiger partial charge >= 0.3 is 6.18 Å². The molecule has 0 saturated heterocycles. The Labute approximate surface area is 143 Å². The molecule has 0 spiro atoms. The second-order valence-electron chi connectivity index (χ2n) is 6.73. The number of nitrogens with one attached hydrogen (secondary N) is 1. The van der Waals surface area contributed by atoms with E-state index in [2.05, 4.69) is 15.4 Å². The number of hydrogen-bond acceptors (Lipinski definition) is 3. The monoisotopic (exact) mass is 354 g/mol. The standard InChI is InChI=1S/C17H21F3N4O/c1-9-8-11(14-10(2)23-24(3)15(14)21-9)16(25)22-13-7-5-4-6-12(13)17(18,19)20/h8,12-13H,4-7H2,1-3H3,(H,22,25)/t12-,13+/m0/s1. The number of aryl methyl sites for hydroxylation is 3. The lowest BCUT2D eigenvalue weighted by Gasteiger charge is -2.33. The van der Waals surface area contributed by atoms with Gasteiger partial charge in [0.2, 0.25) is 0 Å². The molecule has 2 aromatic rings. The molecule has 2 atom stereocenters. The van der Waals surface area contributed by atoms with Crippen molar-refractivity contribution in [2.24, 2.45) is 13.0 Å². The van der Waals surface area contributed by atoms with Crippen molar-refractivity contribution in [2.75, 3.05) is 0 Å². The normalized spacial score (nSPS) is 21.5. The van der Waals surface area contributed by atoms with E-state index >= 15 is 0 Å². The SMILES string of the molecule is Cc1cc(C(=O)N[C@@H]2CCCC[C@@H]2C(F)(F)F)c2c(C)nn(C)c2n1. The summed E-state index contributed by atoms with van der Waals surface area (Å²) < 4.78 is 41.3. The maximum absolute atomic E-state index is 13.3. The summed E-state index contributed by atoms with van der Waals surface area (Å²) in [5.74, 6) is -1.98. The fraction of sp³-hybridized carbons (Fsp3) is 0.588. The molecule has 1 aliphatic carbocycles. The highest BCUT2D eigenvalue weighted by molar-refractivity contribution is 6.06. The molecule has 0 radical (unpaired) electrons. The summed E-state index contributed by atoms with van der Waals surface area (Å²) in [6.45, 7) is 3.51. The van der Waals surface area contributed by atoms with E-state index in [9.17, 15) is 18.0 Å². The maximum atomic E-state index is 13.3. The lowest BCUT2D eigenvalue weighted by atomic mass is 9.84. The number of rotatable bonds is 2. The van der Waals surface area contributed by atoms with Gasteiger partial charge in [0.05, 0.1) is 22.6 Å². The quantitative estimate of drug-likeness (QED) is 0.899. The smallest absolute Gasteiger partial charge is 0.349 e. The Hall–Kier alpha value is -2.12. The fourth-order valence-electron chi connectivity index (χ4n) is 3.69. The molecule has 0 bridgehead atoms. The van der Waals surface area contributed by atoms with Crippen LogP contribution in [0.2, 0.25) is 0 Å². The number of hydrogen-bond donors (Lipinski definition) is 1. The first-order valence-corrected chi connectivity index (χ1v) is 8.37. The van der Waals surface area contributed by atoms with Crippen molar-refractivity contribution in [3.05, 3.63) is 23.0 Å². The molecule has 1 N–H and O–H groups in total. The van der Waals surface area contributed by atoms with Gasteiger partial charge in [-0.2, -0.15) is 18.3 Å². The van der Waals surface area contributed by atoms with Crippen molar-refractivity contribution in [1.82, 2.24) is 20.1 Å². The van der Waals surface area contributed by atoms with Crippen molar-refractivity contribution in [1.29, 1.82) is 0 Å². The van der Waals surface area contributed by atoms with Crippen LogP contribution in [0.15, 0.2) is 6.07 Å². The van der Waals surface area contributed by atoms with E-state index in [1.54, 1.807) is 31.6 Å². The molecule has 1 aliphatic rings. The molecule has 3 rings (SSSR count). The Morgan fingerprint density at radius 2 is 1.96 bits per heavy atom. The number of carbonyl (C=O) groups is 1. The van der Waals surface area contributed by atoms with Crippen LogP contribution in [0.1, 0.15) is 47.4 Å². The summed E-state index contributed by atoms with van der Waals surface area (Å²) in [7, 11) is 1.73. The largest absolute Gasteiger partial charge is 0.393 e. The van der Waals surface area contributed by atoms with Gasteiger partial charge < -0.3 is 5.32 Å². The maximum Gasteiger partial charge on any atom is 0.393 e. The molecule has 1 saturated carbocycles. The van der Waals surface area contributed by atoms with E-state index < -0.39 is 24.0 Å². The van der Waals surface area contributed by atoms with E-state index in [1.807, 2.05) is 0 Å².